The van der Waals surface area contributed by atoms with E-state index >= 15 is 0 Å². The highest BCUT2D eigenvalue weighted by Crippen LogP contribution is 2.30. The average Bonchev–Trinajstić information content (AvgIpc) is 3.30. The molecular weight excluding hydrogens is 426 g/mol. The molecule has 2 aromatic carbocycles. The number of anilines is 1. The number of amides is 1. The number of nitrogens with one attached hydrogen (secondary N) is 1. The van der Waals surface area contributed by atoms with Crippen LogP contribution in [0, 0.1) is 0 Å². The van der Waals surface area contributed by atoms with Crippen molar-refractivity contribution >= 4 is 33.2 Å². The Morgan fingerprint density at radius 2 is 1.91 bits per heavy atom. The molecule has 3 heterocycles. The number of rotatable bonds is 5. The zero-order valence-corrected chi connectivity index (χ0v) is 18.0. The molecule has 0 fully saturated rings. The number of aromatic nitrogens is 2. The standard InChI is InChI=1S/C24H19N3O4S/c1-31-19-9-11-27-20(24(26-22(27)14-19)17-5-3-2-4-6-17)15-23(28)25-18-8-7-16-10-12-32(29,30)21(16)13-18/h2-14H,15H2,1H3,(H,25,28). The van der Waals surface area contributed by atoms with Crippen LogP contribution in [0.3, 0.4) is 0 Å². The van der Waals surface area contributed by atoms with Crippen molar-refractivity contribution in [3.8, 4) is 17.0 Å². The van der Waals surface area contributed by atoms with Gasteiger partial charge in [-0.15, -0.1) is 0 Å². The number of hydrogen-bond acceptors (Lipinski definition) is 5. The molecule has 0 saturated carbocycles. The van der Waals surface area contributed by atoms with Gasteiger partial charge in [0.05, 0.1) is 29.8 Å². The summed E-state index contributed by atoms with van der Waals surface area (Å²) in [5, 5.41) is 3.99. The van der Waals surface area contributed by atoms with Crippen LogP contribution in [-0.4, -0.2) is 30.8 Å². The monoisotopic (exact) mass is 445 g/mol. The Morgan fingerprint density at radius 3 is 2.69 bits per heavy atom. The van der Waals surface area contributed by atoms with Crippen LogP contribution >= 0.6 is 0 Å². The minimum atomic E-state index is -3.45. The number of ether oxygens (including phenoxy) is 1. The zero-order valence-electron chi connectivity index (χ0n) is 17.1. The van der Waals surface area contributed by atoms with Gasteiger partial charge < -0.3 is 14.5 Å². The van der Waals surface area contributed by atoms with E-state index in [9.17, 15) is 13.2 Å². The normalized spacial score (nSPS) is 13.8. The Bertz CT molecular complexity index is 1490. The highest BCUT2D eigenvalue weighted by molar-refractivity contribution is 7.94. The fraction of sp³-hybridized carbons (Fsp3) is 0.0833. The Hall–Kier alpha value is -3.91. The van der Waals surface area contributed by atoms with Crippen LogP contribution in [0.4, 0.5) is 5.69 Å². The average molecular weight is 446 g/mol. The smallest absolute Gasteiger partial charge is 0.230 e. The first kappa shape index (κ1) is 20.0. The van der Waals surface area contributed by atoms with Crippen LogP contribution in [0.25, 0.3) is 23.0 Å². The molecule has 1 N–H and O–H groups in total. The molecule has 0 unspecified atom stereocenters. The zero-order chi connectivity index (χ0) is 22.3. The summed E-state index contributed by atoms with van der Waals surface area (Å²) in [5.41, 5.74) is 4.03. The highest BCUT2D eigenvalue weighted by Gasteiger charge is 2.22. The molecule has 2 aromatic heterocycles. The molecule has 4 aromatic rings. The van der Waals surface area contributed by atoms with Gasteiger partial charge in [-0.2, -0.15) is 0 Å². The minimum absolute atomic E-state index is 0.0554. The third-order valence-electron chi connectivity index (χ3n) is 5.34. The summed E-state index contributed by atoms with van der Waals surface area (Å²) >= 11 is 0. The number of imidazole rings is 1. The third-order valence-corrected chi connectivity index (χ3v) is 6.80. The largest absolute Gasteiger partial charge is 0.497 e. The highest BCUT2D eigenvalue weighted by atomic mass is 32.2. The molecule has 32 heavy (non-hydrogen) atoms. The van der Waals surface area contributed by atoms with E-state index in [0.29, 0.717) is 28.3 Å². The molecular formula is C24H19N3O4S. The fourth-order valence-corrected chi connectivity index (χ4v) is 5.02. The second-order valence-electron chi connectivity index (χ2n) is 7.39. The van der Waals surface area contributed by atoms with Crippen molar-refractivity contribution in [1.29, 1.82) is 0 Å². The van der Waals surface area contributed by atoms with Crippen molar-refractivity contribution < 1.29 is 17.9 Å². The van der Waals surface area contributed by atoms with Gasteiger partial charge in [0.2, 0.25) is 15.7 Å². The maximum atomic E-state index is 12.9. The topological polar surface area (TPSA) is 89.8 Å². The number of hydrogen-bond donors (Lipinski definition) is 1. The summed E-state index contributed by atoms with van der Waals surface area (Å²) in [7, 11) is -1.86. The van der Waals surface area contributed by atoms with E-state index in [1.165, 1.54) is 11.5 Å². The van der Waals surface area contributed by atoms with E-state index in [0.717, 1.165) is 11.3 Å². The van der Waals surface area contributed by atoms with Gasteiger partial charge in [-0.05, 0) is 29.8 Å². The van der Waals surface area contributed by atoms with Gasteiger partial charge in [0, 0.05) is 28.9 Å². The Morgan fingerprint density at radius 1 is 1.09 bits per heavy atom. The lowest BCUT2D eigenvalue weighted by Gasteiger charge is -2.09. The second kappa shape index (κ2) is 7.65. The molecule has 0 aliphatic carbocycles. The van der Waals surface area contributed by atoms with Crippen LogP contribution < -0.4 is 10.1 Å². The van der Waals surface area contributed by atoms with E-state index in [1.807, 2.05) is 53.1 Å². The molecule has 160 valence electrons. The Labute approximate surface area is 184 Å². The van der Waals surface area contributed by atoms with Crippen molar-refractivity contribution in [2.24, 2.45) is 0 Å². The van der Waals surface area contributed by atoms with Gasteiger partial charge >= 0.3 is 0 Å². The molecule has 8 heteroatoms. The van der Waals surface area contributed by atoms with E-state index in [-0.39, 0.29) is 17.2 Å². The molecule has 1 aliphatic heterocycles. The molecule has 7 nitrogen and oxygen atoms in total. The summed E-state index contributed by atoms with van der Waals surface area (Å²) in [6, 6.07) is 18.1. The van der Waals surface area contributed by atoms with Crippen LogP contribution in [0.5, 0.6) is 5.75 Å². The van der Waals surface area contributed by atoms with Crippen molar-refractivity contribution in [2.45, 2.75) is 11.3 Å². The van der Waals surface area contributed by atoms with Gasteiger partial charge in [-0.25, -0.2) is 13.4 Å². The van der Waals surface area contributed by atoms with Crippen LogP contribution in [0.2, 0.25) is 0 Å². The molecule has 1 amide bonds. The van der Waals surface area contributed by atoms with Crippen molar-refractivity contribution in [3.63, 3.8) is 0 Å². The van der Waals surface area contributed by atoms with Crippen molar-refractivity contribution in [2.75, 3.05) is 12.4 Å². The molecule has 5 rings (SSSR count). The molecule has 0 spiro atoms. The van der Waals surface area contributed by atoms with Gasteiger partial charge in [-0.3, -0.25) is 4.79 Å². The number of sulfone groups is 1. The van der Waals surface area contributed by atoms with E-state index in [1.54, 1.807) is 25.3 Å². The number of carbonyl (C=O) groups excluding carboxylic acids is 1. The van der Waals surface area contributed by atoms with Crippen LogP contribution in [0.15, 0.2) is 77.2 Å². The van der Waals surface area contributed by atoms with Crippen LogP contribution in [0.1, 0.15) is 11.3 Å². The lowest BCUT2D eigenvalue weighted by molar-refractivity contribution is -0.115. The molecule has 0 radical (unpaired) electrons. The quantitative estimate of drug-likeness (QED) is 0.502. The maximum absolute atomic E-state index is 12.9. The Kier molecular flexibility index (Phi) is 4.79. The predicted molar refractivity (Wildman–Crippen MR) is 122 cm³/mol. The lowest BCUT2D eigenvalue weighted by Crippen LogP contribution is -2.16. The number of methoxy groups -OCH3 is 1. The number of benzene rings is 2. The number of carbonyl (C=O) groups is 1. The van der Waals surface area contributed by atoms with Gasteiger partial charge in [0.15, 0.2) is 0 Å². The first-order valence-corrected chi connectivity index (χ1v) is 11.5. The molecule has 0 bridgehead atoms. The van der Waals surface area contributed by atoms with Gasteiger partial charge in [-0.1, -0.05) is 36.4 Å². The van der Waals surface area contributed by atoms with Crippen LogP contribution in [-0.2, 0) is 21.1 Å². The third kappa shape index (κ3) is 3.54. The molecule has 0 atom stereocenters. The van der Waals surface area contributed by atoms with Crippen molar-refractivity contribution in [1.82, 2.24) is 9.38 Å². The maximum Gasteiger partial charge on any atom is 0.230 e. The summed E-state index contributed by atoms with van der Waals surface area (Å²) in [6.45, 7) is 0. The van der Waals surface area contributed by atoms with Gasteiger partial charge in [0.1, 0.15) is 11.4 Å². The van der Waals surface area contributed by atoms with E-state index in [2.05, 4.69) is 5.32 Å². The number of pyridine rings is 1. The first-order valence-electron chi connectivity index (χ1n) is 9.92. The minimum Gasteiger partial charge on any atom is -0.497 e. The van der Waals surface area contributed by atoms with Crippen molar-refractivity contribution in [3.05, 3.63) is 83.5 Å². The summed E-state index contributed by atoms with van der Waals surface area (Å²) in [6.07, 6.45) is 3.43. The SMILES string of the molecule is COc1ccn2c(CC(=O)Nc3ccc4c(c3)S(=O)(=O)C=C4)c(-c3ccccc3)nc2c1. The Balaban J connectivity index is 1.49. The van der Waals surface area contributed by atoms with Gasteiger partial charge in [0.25, 0.3) is 0 Å². The number of fused-ring (bicyclic) bond motifs is 2. The molecule has 0 saturated heterocycles. The second-order valence-corrected chi connectivity index (χ2v) is 9.20. The fourth-order valence-electron chi connectivity index (χ4n) is 3.79. The first-order chi connectivity index (χ1) is 15.4. The summed E-state index contributed by atoms with van der Waals surface area (Å²) < 4.78 is 31.4. The van der Waals surface area contributed by atoms with E-state index < -0.39 is 9.84 Å². The molecule has 1 aliphatic rings. The summed E-state index contributed by atoms with van der Waals surface area (Å²) in [4.78, 5) is 17.9. The number of nitrogens with zero attached hydrogens (tertiary/aromatic N) is 2. The lowest BCUT2D eigenvalue weighted by atomic mass is 10.1. The predicted octanol–water partition coefficient (Wildman–Crippen LogP) is 3.95. The van der Waals surface area contributed by atoms with E-state index in [4.69, 9.17) is 9.72 Å². The summed E-state index contributed by atoms with van der Waals surface area (Å²) in [5.74, 6) is 0.397.